The smallest absolute Gasteiger partial charge is 0.407 e. The Balaban J connectivity index is 1.61. The van der Waals surface area contributed by atoms with Crippen molar-refractivity contribution in [3.8, 4) is 0 Å². The molecule has 0 aliphatic rings. The number of rotatable bonds is 18. The van der Waals surface area contributed by atoms with Gasteiger partial charge in [-0.2, -0.15) is 0 Å². The molecule has 0 saturated carbocycles. The molecule has 0 saturated heterocycles. The highest BCUT2D eigenvalue weighted by Crippen LogP contribution is 2.23. The first-order chi connectivity index (χ1) is 21.8. The quantitative estimate of drug-likeness (QED) is 0.0698. The maximum Gasteiger partial charge on any atom is 0.407 e. The van der Waals surface area contributed by atoms with Gasteiger partial charge < -0.3 is 20.7 Å². The number of carbonyl (C=O) groups is 4. The number of amides is 4. The third-order valence-electron chi connectivity index (χ3n) is 7.48. The third-order valence-corrected chi connectivity index (χ3v) is 7.48. The molecular weight excluding hydrogens is 574 g/mol. The van der Waals surface area contributed by atoms with Crippen LogP contribution in [-0.2, 0) is 32.1 Å². The summed E-state index contributed by atoms with van der Waals surface area (Å²) in [7, 11) is 0. The van der Waals surface area contributed by atoms with Crippen LogP contribution in [0.15, 0.2) is 85.1 Å². The summed E-state index contributed by atoms with van der Waals surface area (Å²) in [6.45, 7) is 4.09. The second-order valence-electron chi connectivity index (χ2n) is 11.1. The highest BCUT2D eigenvalue weighted by atomic mass is 16.5. The first kappa shape index (κ1) is 34.7. The summed E-state index contributed by atoms with van der Waals surface area (Å²) in [5.74, 6) is -1.30. The highest BCUT2D eigenvalue weighted by molar-refractivity contribution is 5.96. The topological polar surface area (TPSA) is 150 Å². The Morgan fingerprint density at radius 3 is 2.22 bits per heavy atom. The molecule has 3 aromatic rings. The van der Waals surface area contributed by atoms with Crippen LogP contribution >= 0.6 is 0 Å². The molecule has 1 aromatic heterocycles. The number of carbonyl (C=O) groups excluding carboxylic acids is 4. The van der Waals surface area contributed by atoms with E-state index in [9.17, 15) is 24.4 Å². The molecule has 11 nitrogen and oxygen atoms in total. The van der Waals surface area contributed by atoms with Crippen molar-refractivity contribution in [3.05, 3.63) is 96.2 Å². The van der Waals surface area contributed by atoms with Crippen LogP contribution < -0.4 is 16.0 Å². The van der Waals surface area contributed by atoms with Crippen LogP contribution in [0.3, 0.4) is 0 Å². The number of ether oxygens (including phenoxy) is 1. The van der Waals surface area contributed by atoms with Crippen molar-refractivity contribution in [1.82, 2.24) is 20.7 Å². The maximum absolute atomic E-state index is 13.7. The molecule has 45 heavy (non-hydrogen) atoms. The molecule has 4 amide bonds. The van der Waals surface area contributed by atoms with E-state index in [1.54, 1.807) is 31.3 Å². The fraction of sp³-hybridized carbons (Fsp3) is 0.382. The molecule has 3 rings (SSSR count). The van der Waals surface area contributed by atoms with Crippen molar-refractivity contribution in [2.45, 2.75) is 64.6 Å². The number of aromatic nitrogens is 1. The number of alkyl carbamates (subject to hydrolysis) is 1. The van der Waals surface area contributed by atoms with Crippen LogP contribution in [0.25, 0.3) is 0 Å². The molecule has 1 unspecified atom stereocenters. The minimum atomic E-state index is -0.924. The van der Waals surface area contributed by atoms with Crippen LogP contribution in [0.5, 0.6) is 0 Å². The van der Waals surface area contributed by atoms with E-state index < -0.39 is 35.9 Å². The van der Waals surface area contributed by atoms with E-state index in [0.29, 0.717) is 43.1 Å². The summed E-state index contributed by atoms with van der Waals surface area (Å²) in [6.07, 6.45) is 3.68. The second kappa shape index (κ2) is 18.8. The van der Waals surface area contributed by atoms with Crippen molar-refractivity contribution in [3.63, 3.8) is 0 Å². The summed E-state index contributed by atoms with van der Waals surface area (Å²) in [5.41, 5.74) is 1.99. The number of hydrogen-bond acceptors (Lipinski definition) is 7. The zero-order chi connectivity index (χ0) is 32.4. The van der Waals surface area contributed by atoms with Crippen molar-refractivity contribution < 1.29 is 29.1 Å². The number of nitrogens with one attached hydrogen (secondary N) is 3. The van der Waals surface area contributed by atoms with E-state index in [1.165, 1.54) is 0 Å². The molecule has 4 N–H and O–H groups in total. The van der Waals surface area contributed by atoms with Crippen LogP contribution in [0.2, 0.25) is 0 Å². The summed E-state index contributed by atoms with van der Waals surface area (Å²) in [5, 5.41) is 19.0. The van der Waals surface area contributed by atoms with Gasteiger partial charge in [0.25, 0.3) is 0 Å². The van der Waals surface area contributed by atoms with Gasteiger partial charge in [-0.05, 0) is 68.2 Å². The minimum absolute atomic E-state index is 0.0409. The summed E-state index contributed by atoms with van der Waals surface area (Å²) in [4.78, 5) is 54.6. The van der Waals surface area contributed by atoms with Crippen LogP contribution in [0.1, 0.15) is 50.7 Å². The lowest BCUT2D eigenvalue weighted by Gasteiger charge is -2.30. The predicted octanol–water partition coefficient (Wildman–Crippen LogP) is 4.72. The zero-order valence-electron chi connectivity index (χ0n) is 25.8. The second-order valence-corrected chi connectivity index (χ2v) is 11.1. The van der Waals surface area contributed by atoms with E-state index in [2.05, 4.69) is 20.9 Å². The molecule has 0 spiro atoms. The molecule has 11 heteroatoms. The van der Waals surface area contributed by atoms with Gasteiger partial charge in [0.05, 0.1) is 12.0 Å². The van der Waals surface area contributed by atoms with E-state index in [-0.39, 0.29) is 25.4 Å². The lowest BCUT2D eigenvalue weighted by Crippen LogP contribution is -2.50. The van der Waals surface area contributed by atoms with Gasteiger partial charge in [0.2, 0.25) is 18.2 Å². The number of hydroxylamine groups is 2. The normalized spacial score (nSPS) is 13.4. The number of benzene rings is 2. The van der Waals surface area contributed by atoms with Gasteiger partial charge >= 0.3 is 6.09 Å². The van der Waals surface area contributed by atoms with E-state index in [0.717, 1.165) is 11.1 Å². The molecular formula is C34H43N5O6. The summed E-state index contributed by atoms with van der Waals surface area (Å²) < 4.78 is 5.23. The van der Waals surface area contributed by atoms with Crippen molar-refractivity contribution >= 4 is 30.1 Å². The molecule has 0 aliphatic carbocycles. The Morgan fingerprint density at radius 2 is 1.58 bits per heavy atom. The SMILES string of the molecule is CC(Cc1ccccc1)C[C@@H](C(=O)N[C@@H](CCCCNC(=O)OCc1ccccc1)C(=O)Nc1ccccn1)[C@@H](C)N(O)C=O. The van der Waals surface area contributed by atoms with E-state index >= 15 is 0 Å². The van der Waals surface area contributed by atoms with Crippen LogP contribution in [0.4, 0.5) is 10.6 Å². The largest absolute Gasteiger partial charge is 0.445 e. The summed E-state index contributed by atoms with van der Waals surface area (Å²) in [6, 6.07) is 22.6. The van der Waals surface area contributed by atoms with Gasteiger partial charge in [0.1, 0.15) is 18.5 Å². The average molecular weight is 618 g/mol. The first-order valence-electron chi connectivity index (χ1n) is 15.2. The Morgan fingerprint density at radius 1 is 0.911 bits per heavy atom. The standard InChI is InChI=1S/C34H43N5O6/c1-25(21-27-13-5-3-6-14-27)22-29(26(2)39(44)24-40)32(41)37-30(33(42)38-31-18-10-12-19-35-31)17-9-11-20-36-34(43)45-23-28-15-7-4-8-16-28/h3-8,10,12-16,18-19,24-26,29-30,44H,9,11,17,20-23H2,1-2H3,(H,36,43)(H,37,41)(H,35,38,42)/t25?,26-,29-,30+/m1/s1. The number of hydrogen-bond donors (Lipinski definition) is 4. The van der Waals surface area contributed by atoms with Crippen molar-refractivity contribution in [2.24, 2.45) is 11.8 Å². The number of anilines is 1. The Labute approximate surface area is 264 Å². The van der Waals surface area contributed by atoms with Crippen LogP contribution in [-0.4, -0.2) is 58.2 Å². The van der Waals surface area contributed by atoms with Gasteiger partial charge in [0.15, 0.2) is 0 Å². The molecule has 240 valence electrons. The highest BCUT2D eigenvalue weighted by Gasteiger charge is 2.33. The average Bonchev–Trinajstić information content (AvgIpc) is 3.06. The van der Waals surface area contributed by atoms with E-state index in [1.807, 2.05) is 67.6 Å². The third kappa shape index (κ3) is 12.4. The lowest BCUT2D eigenvalue weighted by molar-refractivity contribution is -0.166. The zero-order valence-corrected chi connectivity index (χ0v) is 25.8. The van der Waals surface area contributed by atoms with Gasteiger partial charge in [-0.1, -0.05) is 73.7 Å². The Kier molecular flexibility index (Phi) is 14.5. The fourth-order valence-corrected chi connectivity index (χ4v) is 4.97. The fourth-order valence-electron chi connectivity index (χ4n) is 4.97. The molecule has 1 heterocycles. The molecule has 2 aromatic carbocycles. The lowest BCUT2D eigenvalue weighted by atomic mass is 9.86. The number of unbranched alkanes of at least 4 members (excludes halogenated alkanes) is 1. The molecule has 0 aliphatic heterocycles. The van der Waals surface area contributed by atoms with Gasteiger partial charge in [-0.25, -0.2) is 14.8 Å². The first-order valence-corrected chi connectivity index (χ1v) is 15.2. The monoisotopic (exact) mass is 617 g/mol. The number of pyridine rings is 1. The van der Waals surface area contributed by atoms with Gasteiger partial charge in [0, 0.05) is 12.7 Å². The van der Waals surface area contributed by atoms with Crippen molar-refractivity contribution in [1.29, 1.82) is 0 Å². The molecule has 0 bridgehead atoms. The molecule has 4 atom stereocenters. The van der Waals surface area contributed by atoms with Gasteiger partial charge in [-0.3, -0.25) is 19.6 Å². The Hall–Kier alpha value is -4.77. The minimum Gasteiger partial charge on any atom is -0.445 e. The number of nitrogens with zero attached hydrogens (tertiary/aromatic N) is 2. The molecule has 0 radical (unpaired) electrons. The van der Waals surface area contributed by atoms with Crippen LogP contribution in [0, 0.1) is 11.8 Å². The Bertz CT molecular complexity index is 1330. The maximum atomic E-state index is 13.7. The van der Waals surface area contributed by atoms with Crippen molar-refractivity contribution in [2.75, 3.05) is 11.9 Å². The van der Waals surface area contributed by atoms with Gasteiger partial charge in [-0.15, -0.1) is 0 Å². The van der Waals surface area contributed by atoms with E-state index in [4.69, 9.17) is 4.74 Å². The molecule has 0 fully saturated rings. The predicted molar refractivity (Wildman–Crippen MR) is 170 cm³/mol. The summed E-state index contributed by atoms with van der Waals surface area (Å²) >= 11 is 0.